The van der Waals surface area contributed by atoms with E-state index in [-0.39, 0.29) is 18.2 Å². The molecule has 2 N–H and O–H groups in total. The number of fused-ring (bicyclic) bond motifs is 1. The summed E-state index contributed by atoms with van der Waals surface area (Å²) in [4.78, 5) is 13.9. The van der Waals surface area contributed by atoms with Crippen LogP contribution in [0.1, 0.15) is 37.0 Å². The summed E-state index contributed by atoms with van der Waals surface area (Å²) in [6, 6.07) is 8.32. The molecular weight excluding hydrogens is 280 g/mol. The van der Waals surface area contributed by atoms with E-state index in [1.807, 2.05) is 18.2 Å². The van der Waals surface area contributed by atoms with Crippen LogP contribution in [0.2, 0.25) is 0 Å². The van der Waals surface area contributed by atoms with Gasteiger partial charge in [-0.25, -0.2) is 4.79 Å². The molecule has 3 rings (SSSR count). The predicted molar refractivity (Wildman–Crippen MR) is 83.6 cm³/mol. The van der Waals surface area contributed by atoms with Crippen LogP contribution in [0.25, 0.3) is 0 Å². The second kappa shape index (κ2) is 6.67. The smallest absolute Gasteiger partial charge is 0.407 e. The second-order valence-corrected chi connectivity index (χ2v) is 6.11. The Morgan fingerprint density at radius 3 is 3.05 bits per heavy atom. The first-order valence-electron chi connectivity index (χ1n) is 8.12. The number of aliphatic hydroxyl groups excluding tert-OH is 1. The number of piperidine rings is 1. The molecule has 0 radical (unpaired) electrons. The Morgan fingerprint density at radius 1 is 1.45 bits per heavy atom. The SMILES string of the molecule is CCOC(=O)NC1CCCN(C2Cc3ccccc3C2O)C1. The minimum absolute atomic E-state index is 0.101. The molecule has 120 valence electrons. The van der Waals surface area contributed by atoms with E-state index >= 15 is 0 Å². The lowest BCUT2D eigenvalue weighted by atomic mass is 10.0. The number of rotatable bonds is 3. The van der Waals surface area contributed by atoms with E-state index in [2.05, 4.69) is 16.3 Å². The van der Waals surface area contributed by atoms with Gasteiger partial charge in [0.2, 0.25) is 0 Å². The molecule has 0 spiro atoms. The maximum absolute atomic E-state index is 11.6. The number of nitrogens with zero attached hydrogens (tertiary/aromatic N) is 1. The van der Waals surface area contributed by atoms with Gasteiger partial charge in [0.05, 0.1) is 12.7 Å². The first kappa shape index (κ1) is 15.3. The summed E-state index contributed by atoms with van der Waals surface area (Å²) in [5, 5.41) is 13.5. The molecule has 2 aliphatic rings. The van der Waals surface area contributed by atoms with Crippen LogP contribution in [-0.2, 0) is 11.2 Å². The van der Waals surface area contributed by atoms with Gasteiger partial charge in [-0.3, -0.25) is 4.90 Å². The molecule has 1 aromatic carbocycles. The van der Waals surface area contributed by atoms with Gasteiger partial charge in [0.1, 0.15) is 0 Å². The number of carbonyl (C=O) groups excluding carboxylic acids is 1. The number of carbonyl (C=O) groups is 1. The van der Waals surface area contributed by atoms with Crippen LogP contribution >= 0.6 is 0 Å². The molecule has 1 aliphatic carbocycles. The number of amides is 1. The van der Waals surface area contributed by atoms with E-state index in [1.54, 1.807) is 6.92 Å². The van der Waals surface area contributed by atoms with Crippen molar-refractivity contribution in [1.82, 2.24) is 10.2 Å². The fourth-order valence-electron chi connectivity index (χ4n) is 3.65. The summed E-state index contributed by atoms with van der Waals surface area (Å²) < 4.78 is 4.96. The van der Waals surface area contributed by atoms with E-state index in [1.165, 1.54) is 5.56 Å². The van der Waals surface area contributed by atoms with E-state index in [0.717, 1.165) is 37.9 Å². The van der Waals surface area contributed by atoms with Gasteiger partial charge < -0.3 is 15.2 Å². The fraction of sp³-hybridized carbons (Fsp3) is 0.588. The van der Waals surface area contributed by atoms with Gasteiger partial charge in [-0.15, -0.1) is 0 Å². The van der Waals surface area contributed by atoms with Crippen molar-refractivity contribution in [2.75, 3.05) is 19.7 Å². The number of likely N-dealkylation sites (tertiary alicyclic amines) is 1. The average molecular weight is 304 g/mol. The number of aliphatic hydroxyl groups is 1. The minimum atomic E-state index is -0.433. The van der Waals surface area contributed by atoms with Gasteiger partial charge in [-0.1, -0.05) is 24.3 Å². The van der Waals surface area contributed by atoms with E-state index in [0.29, 0.717) is 6.61 Å². The van der Waals surface area contributed by atoms with Crippen molar-refractivity contribution in [2.45, 2.75) is 44.4 Å². The Labute approximate surface area is 131 Å². The van der Waals surface area contributed by atoms with E-state index < -0.39 is 6.10 Å². The first-order chi connectivity index (χ1) is 10.7. The summed E-state index contributed by atoms with van der Waals surface area (Å²) in [6.45, 7) is 3.93. The van der Waals surface area contributed by atoms with Gasteiger partial charge in [-0.2, -0.15) is 0 Å². The zero-order valence-electron chi connectivity index (χ0n) is 13.0. The maximum atomic E-state index is 11.6. The lowest BCUT2D eigenvalue weighted by Crippen LogP contribution is -2.52. The van der Waals surface area contributed by atoms with Crippen LogP contribution in [-0.4, -0.2) is 47.9 Å². The van der Waals surface area contributed by atoms with Crippen LogP contribution in [0, 0.1) is 0 Å². The molecule has 1 amide bonds. The molecule has 0 aromatic heterocycles. The Hall–Kier alpha value is -1.59. The highest BCUT2D eigenvalue weighted by molar-refractivity contribution is 5.67. The highest BCUT2D eigenvalue weighted by Crippen LogP contribution is 2.35. The van der Waals surface area contributed by atoms with Crippen LogP contribution < -0.4 is 5.32 Å². The van der Waals surface area contributed by atoms with Crippen molar-refractivity contribution < 1.29 is 14.6 Å². The minimum Gasteiger partial charge on any atom is -0.450 e. The molecule has 1 saturated heterocycles. The number of ether oxygens (including phenoxy) is 1. The molecule has 1 heterocycles. The Morgan fingerprint density at radius 2 is 2.27 bits per heavy atom. The molecule has 1 aromatic rings. The average Bonchev–Trinajstić information content (AvgIpc) is 2.85. The lowest BCUT2D eigenvalue weighted by molar-refractivity contribution is 0.0400. The third kappa shape index (κ3) is 3.10. The van der Waals surface area contributed by atoms with Crippen molar-refractivity contribution in [3.05, 3.63) is 35.4 Å². The molecular formula is C17H24N2O3. The van der Waals surface area contributed by atoms with Crippen LogP contribution in [0.4, 0.5) is 4.79 Å². The predicted octanol–water partition coefficient (Wildman–Crippen LogP) is 1.86. The highest BCUT2D eigenvalue weighted by atomic mass is 16.5. The van der Waals surface area contributed by atoms with Crippen LogP contribution in [0.3, 0.4) is 0 Å². The lowest BCUT2D eigenvalue weighted by Gasteiger charge is -2.38. The van der Waals surface area contributed by atoms with Crippen molar-refractivity contribution in [2.24, 2.45) is 0 Å². The summed E-state index contributed by atoms with van der Waals surface area (Å²) in [5.41, 5.74) is 2.29. The van der Waals surface area contributed by atoms with Crippen molar-refractivity contribution in [3.63, 3.8) is 0 Å². The monoisotopic (exact) mass is 304 g/mol. The zero-order chi connectivity index (χ0) is 15.5. The van der Waals surface area contributed by atoms with Crippen molar-refractivity contribution in [1.29, 1.82) is 0 Å². The van der Waals surface area contributed by atoms with Gasteiger partial charge in [0.15, 0.2) is 0 Å². The molecule has 1 aliphatic heterocycles. The highest BCUT2D eigenvalue weighted by Gasteiger charge is 2.37. The summed E-state index contributed by atoms with van der Waals surface area (Å²) >= 11 is 0. The largest absolute Gasteiger partial charge is 0.450 e. The van der Waals surface area contributed by atoms with Gasteiger partial charge in [0, 0.05) is 18.6 Å². The second-order valence-electron chi connectivity index (χ2n) is 6.11. The Kier molecular flexibility index (Phi) is 4.64. The number of alkyl carbamates (subject to hydrolysis) is 1. The van der Waals surface area contributed by atoms with Gasteiger partial charge in [-0.05, 0) is 43.9 Å². The summed E-state index contributed by atoms with van der Waals surface area (Å²) in [5.74, 6) is 0. The molecule has 0 bridgehead atoms. The molecule has 3 unspecified atom stereocenters. The molecule has 5 heteroatoms. The van der Waals surface area contributed by atoms with Gasteiger partial charge >= 0.3 is 6.09 Å². The third-order valence-corrected chi connectivity index (χ3v) is 4.69. The normalized spacial score (nSPS) is 28.2. The number of benzene rings is 1. The first-order valence-corrected chi connectivity index (χ1v) is 8.12. The number of nitrogens with one attached hydrogen (secondary N) is 1. The van der Waals surface area contributed by atoms with Crippen LogP contribution in [0.5, 0.6) is 0 Å². The summed E-state index contributed by atoms with van der Waals surface area (Å²) in [6.07, 6.45) is 2.09. The number of hydrogen-bond acceptors (Lipinski definition) is 4. The molecule has 1 fully saturated rings. The van der Waals surface area contributed by atoms with Crippen molar-refractivity contribution >= 4 is 6.09 Å². The van der Waals surface area contributed by atoms with Gasteiger partial charge in [0.25, 0.3) is 0 Å². The maximum Gasteiger partial charge on any atom is 0.407 e. The summed E-state index contributed by atoms with van der Waals surface area (Å²) in [7, 11) is 0. The van der Waals surface area contributed by atoms with E-state index in [4.69, 9.17) is 4.74 Å². The zero-order valence-corrected chi connectivity index (χ0v) is 13.0. The van der Waals surface area contributed by atoms with E-state index in [9.17, 15) is 9.90 Å². The Bertz CT molecular complexity index is 534. The topological polar surface area (TPSA) is 61.8 Å². The quantitative estimate of drug-likeness (QED) is 0.895. The molecule has 22 heavy (non-hydrogen) atoms. The molecule has 5 nitrogen and oxygen atoms in total. The Balaban J connectivity index is 1.62. The number of hydrogen-bond donors (Lipinski definition) is 2. The molecule has 3 atom stereocenters. The molecule has 0 saturated carbocycles. The van der Waals surface area contributed by atoms with Crippen molar-refractivity contribution in [3.8, 4) is 0 Å². The standard InChI is InChI=1S/C17H24N2O3/c1-2-22-17(21)18-13-7-5-9-19(11-13)15-10-12-6-3-4-8-14(12)16(15)20/h3-4,6,8,13,15-16,20H,2,5,7,9-11H2,1H3,(H,18,21). The third-order valence-electron chi connectivity index (χ3n) is 4.69. The fourth-order valence-corrected chi connectivity index (χ4v) is 3.65. The van der Waals surface area contributed by atoms with Crippen LogP contribution in [0.15, 0.2) is 24.3 Å².